The average Bonchev–Trinajstić information content (AvgIpc) is 2.92. The molecule has 38 heavy (non-hydrogen) atoms. The first kappa shape index (κ1) is 29.1. The van der Waals surface area contributed by atoms with E-state index in [0.29, 0.717) is 24.5 Å². The molecule has 2 aromatic carbocycles. The van der Waals surface area contributed by atoms with Crippen LogP contribution in [0.3, 0.4) is 0 Å². The average molecular weight is 529 g/mol. The predicted octanol–water partition coefficient (Wildman–Crippen LogP) is 2.50. The number of hydrogen-bond donors (Lipinski definition) is 3. The van der Waals surface area contributed by atoms with Crippen LogP contribution in [0.1, 0.15) is 55.0 Å². The summed E-state index contributed by atoms with van der Waals surface area (Å²) in [6, 6.07) is 13.9. The van der Waals surface area contributed by atoms with E-state index < -0.39 is 35.8 Å². The SMILES string of the molecule is CCOC(=O)c1ccc(CNC(=O)C(O)CCNC(=O)[C@@H]2O[C@H](c3ccc(OC)cc3)OCC2(C)C)cc1. The van der Waals surface area contributed by atoms with Gasteiger partial charge in [0, 0.05) is 24.1 Å². The van der Waals surface area contributed by atoms with Crippen LogP contribution in [0.25, 0.3) is 0 Å². The van der Waals surface area contributed by atoms with Gasteiger partial charge in [0.1, 0.15) is 18.0 Å². The molecule has 2 amide bonds. The second kappa shape index (κ2) is 13.4. The molecule has 1 aliphatic rings. The lowest BCUT2D eigenvalue weighted by Gasteiger charge is -2.41. The third-order valence-electron chi connectivity index (χ3n) is 6.15. The van der Waals surface area contributed by atoms with Crippen molar-refractivity contribution in [1.29, 1.82) is 0 Å². The summed E-state index contributed by atoms with van der Waals surface area (Å²) in [5, 5.41) is 15.7. The van der Waals surface area contributed by atoms with E-state index >= 15 is 0 Å². The van der Waals surface area contributed by atoms with Crippen molar-refractivity contribution >= 4 is 17.8 Å². The van der Waals surface area contributed by atoms with E-state index in [1.54, 1.807) is 50.4 Å². The number of aliphatic hydroxyl groups excluding tert-OH is 1. The molecule has 10 heteroatoms. The third-order valence-corrected chi connectivity index (χ3v) is 6.15. The van der Waals surface area contributed by atoms with Crippen LogP contribution in [0.4, 0.5) is 0 Å². The van der Waals surface area contributed by atoms with Crippen molar-refractivity contribution in [2.75, 3.05) is 26.9 Å². The summed E-state index contributed by atoms with van der Waals surface area (Å²) >= 11 is 0. The van der Waals surface area contributed by atoms with Gasteiger partial charge in [-0.15, -0.1) is 0 Å². The molecule has 1 saturated heterocycles. The van der Waals surface area contributed by atoms with Gasteiger partial charge in [-0.25, -0.2) is 4.79 Å². The maximum atomic E-state index is 12.9. The number of ether oxygens (including phenoxy) is 4. The first-order valence-electron chi connectivity index (χ1n) is 12.5. The first-order chi connectivity index (χ1) is 18.1. The van der Waals surface area contributed by atoms with Crippen LogP contribution in [0.2, 0.25) is 0 Å². The van der Waals surface area contributed by atoms with E-state index in [1.165, 1.54) is 0 Å². The second-order valence-corrected chi connectivity index (χ2v) is 9.65. The molecule has 0 radical (unpaired) electrons. The van der Waals surface area contributed by atoms with Crippen LogP contribution in [-0.2, 0) is 30.3 Å². The van der Waals surface area contributed by atoms with Gasteiger partial charge in [0.2, 0.25) is 11.8 Å². The summed E-state index contributed by atoms with van der Waals surface area (Å²) in [6.45, 7) is 6.37. The highest BCUT2D eigenvalue weighted by Gasteiger charge is 2.43. The normalized spacial score (nSPS) is 19.2. The molecular formula is C28H36N2O8. The number of carbonyl (C=O) groups is 3. The van der Waals surface area contributed by atoms with Gasteiger partial charge in [-0.1, -0.05) is 38.1 Å². The summed E-state index contributed by atoms with van der Waals surface area (Å²) in [7, 11) is 1.58. The molecule has 0 aromatic heterocycles. The summed E-state index contributed by atoms with van der Waals surface area (Å²) in [4.78, 5) is 37.0. The van der Waals surface area contributed by atoms with E-state index in [9.17, 15) is 19.5 Å². The molecule has 1 unspecified atom stereocenters. The number of aliphatic hydroxyl groups is 1. The molecule has 3 atom stereocenters. The maximum Gasteiger partial charge on any atom is 0.338 e. The topological polar surface area (TPSA) is 132 Å². The highest BCUT2D eigenvalue weighted by molar-refractivity contribution is 5.89. The fourth-order valence-corrected chi connectivity index (χ4v) is 3.90. The quantitative estimate of drug-likeness (QED) is 0.379. The van der Waals surface area contributed by atoms with Crippen LogP contribution >= 0.6 is 0 Å². The first-order valence-corrected chi connectivity index (χ1v) is 12.5. The molecule has 1 aliphatic heterocycles. The van der Waals surface area contributed by atoms with E-state index in [4.69, 9.17) is 18.9 Å². The Hall–Kier alpha value is -3.47. The number of nitrogens with one attached hydrogen (secondary N) is 2. The van der Waals surface area contributed by atoms with Crippen molar-refractivity contribution in [1.82, 2.24) is 10.6 Å². The Morgan fingerprint density at radius 2 is 1.76 bits per heavy atom. The fraction of sp³-hybridized carbons (Fsp3) is 0.464. The van der Waals surface area contributed by atoms with Gasteiger partial charge >= 0.3 is 5.97 Å². The molecule has 0 bridgehead atoms. The van der Waals surface area contributed by atoms with Gasteiger partial charge < -0.3 is 34.7 Å². The zero-order valence-corrected chi connectivity index (χ0v) is 22.2. The molecule has 1 heterocycles. The number of rotatable bonds is 11. The van der Waals surface area contributed by atoms with Crippen LogP contribution in [0.15, 0.2) is 48.5 Å². The zero-order chi connectivity index (χ0) is 27.7. The molecule has 10 nitrogen and oxygen atoms in total. The third kappa shape index (κ3) is 7.77. The number of methoxy groups -OCH3 is 1. The van der Waals surface area contributed by atoms with Crippen molar-refractivity contribution < 1.29 is 38.4 Å². The van der Waals surface area contributed by atoms with Gasteiger partial charge in [-0.05, 0) is 43.2 Å². The van der Waals surface area contributed by atoms with Gasteiger partial charge in [-0.3, -0.25) is 9.59 Å². The lowest BCUT2D eigenvalue weighted by Crippen LogP contribution is -2.52. The van der Waals surface area contributed by atoms with Crippen molar-refractivity contribution in [2.45, 2.75) is 52.2 Å². The summed E-state index contributed by atoms with van der Waals surface area (Å²) < 4.78 is 22.0. The standard InChI is InChI=1S/C28H36N2O8/c1-5-36-26(34)19-8-6-18(7-9-19)16-30-24(32)22(31)14-15-29-25(33)23-28(2,3)17-37-27(38-23)20-10-12-21(35-4)13-11-20/h6-13,22-23,27,31H,5,14-17H2,1-4H3,(H,29,33)(H,30,32)/t22?,23-,27+/m0/s1. The highest BCUT2D eigenvalue weighted by Crippen LogP contribution is 2.36. The van der Waals surface area contributed by atoms with Gasteiger partial charge in [0.05, 0.1) is 25.9 Å². The molecule has 206 valence electrons. The Bertz CT molecular complexity index is 1090. The summed E-state index contributed by atoms with van der Waals surface area (Å²) in [5.74, 6) is -0.609. The monoisotopic (exact) mass is 528 g/mol. The Morgan fingerprint density at radius 1 is 1.08 bits per heavy atom. The Morgan fingerprint density at radius 3 is 2.39 bits per heavy atom. The van der Waals surface area contributed by atoms with E-state index in [0.717, 1.165) is 11.1 Å². The van der Waals surface area contributed by atoms with Gasteiger partial charge in [0.15, 0.2) is 6.29 Å². The van der Waals surface area contributed by atoms with Gasteiger partial charge in [-0.2, -0.15) is 0 Å². The van der Waals surface area contributed by atoms with E-state index in [1.807, 2.05) is 26.0 Å². The van der Waals surface area contributed by atoms with Crippen LogP contribution in [-0.4, -0.2) is 62.0 Å². The number of carbonyl (C=O) groups excluding carboxylic acids is 3. The number of amides is 2. The lowest BCUT2D eigenvalue weighted by atomic mass is 9.85. The summed E-state index contributed by atoms with van der Waals surface area (Å²) in [6.07, 6.45) is -2.76. The van der Waals surface area contributed by atoms with Crippen LogP contribution in [0.5, 0.6) is 5.75 Å². The molecule has 0 saturated carbocycles. The lowest BCUT2D eigenvalue weighted by molar-refractivity contribution is -0.258. The van der Waals surface area contributed by atoms with Crippen molar-refractivity contribution in [3.05, 3.63) is 65.2 Å². The minimum absolute atomic E-state index is 0.0327. The molecule has 3 N–H and O–H groups in total. The molecule has 3 rings (SSSR count). The maximum absolute atomic E-state index is 12.9. The smallest absolute Gasteiger partial charge is 0.338 e. The Kier molecular flexibility index (Phi) is 10.2. The van der Waals surface area contributed by atoms with E-state index in [-0.39, 0.29) is 25.4 Å². The molecule has 1 fully saturated rings. The highest BCUT2D eigenvalue weighted by atomic mass is 16.7. The van der Waals surface area contributed by atoms with Crippen LogP contribution < -0.4 is 15.4 Å². The molecular weight excluding hydrogens is 492 g/mol. The van der Waals surface area contributed by atoms with Gasteiger partial charge in [0.25, 0.3) is 0 Å². The Balaban J connectivity index is 1.45. The largest absolute Gasteiger partial charge is 0.497 e. The summed E-state index contributed by atoms with van der Waals surface area (Å²) in [5.41, 5.74) is 1.37. The Labute approximate surface area is 222 Å². The minimum atomic E-state index is -1.30. The second-order valence-electron chi connectivity index (χ2n) is 9.65. The number of esters is 1. The van der Waals surface area contributed by atoms with Crippen LogP contribution in [0, 0.1) is 5.41 Å². The zero-order valence-electron chi connectivity index (χ0n) is 22.2. The molecule has 0 aliphatic carbocycles. The van der Waals surface area contributed by atoms with Crippen molar-refractivity contribution in [2.24, 2.45) is 5.41 Å². The van der Waals surface area contributed by atoms with E-state index in [2.05, 4.69) is 10.6 Å². The van der Waals surface area contributed by atoms with Crippen molar-refractivity contribution in [3.8, 4) is 5.75 Å². The molecule has 2 aromatic rings. The predicted molar refractivity (Wildman–Crippen MR) is 138 cm³/mol. The number of hydrogen-bond acceptors (Lipinski definition) is 8. The molecule has 0 spiro atoms. The minimum Gasteiger partial charge on any atom is -0.497 e. The fourth-order valence-electron chi connectivity index (χ4n) is 3.90. The number of benzene rings is 2. The van der Waals surface area contributed by atoms with Crippen molar-refractivity contribution in [3.63, 3.8) is 0 Å².